The average molecular weight is 1100 g/mol. The first-order valence-electron chi connectivity index (χ1n) is 34.4. The lowest BCUT2D eigenvalue weighted by molar-refractivity contribution is -0.167. The van der Waals surface area contributed by atoms with Gasteiger partial charge in [-0.1, -0.05) is 338 Å². The van der Waals surface area contributed by atoms with Gasteiger partial charge in [0.2, 0.25) is 0 Å². The molecule has 0 saturated heterocycles. The summed E-state index contributed by atoms with van der Waals surface area (Å²) in [6.07, 6.45) is 87.8. The van der Waals surface area contributed by atoms with Gasteiger partial charge in [-0.05, 0) is 70.6 Å². The van der Waals surface area contributed by atoms with E-state index in [4.69, 9.17) is 14.2 Å². The van der Waals surface area contributed by atoms with E-state index in [-0.39, 0.29) is 31.1 Å². The number of hydrogen-bond acceptors (Lipinski definition) is 6. The van der Waals surface area contributed by atoms with E-state index < -0.39 is 6.10 Å². The van der Waals surface area contributed by atoms with Crippen LogP contribution in [0.5, 0.6) is 0 Å². The Kier molecular flexibility index (Phi) is 64.7. The molecule has 6 heteroatoms. The van der Waals surface area contributed by atoms with Gasteiger partial charge < -0.3 is 14.2 Å². The number of hydrogen-bond donors (Lipinski definition) is 0. The molecule has 0 bridgehead atoms. The highest BCUT2D eigenvalue weighted by Crippen LogP contribution is 2.18. The number of carbonyl (C=O) groups is 3. The van der Waals surface area contributed by atoms with Crippen molar-refractivity contribution in [3.8, 4) is 0 Å². The third-order valence-corrected chi connectivity index (χ3v) is 15.2. The van der Waals surface area contributed by atoms with E-state index in [2.05, 4.69) is 93.7 Å². The summed E-state index contributed by atoms with van der Waals surface area (Å²) >= 11 is 0. The van der Waals surface area contributed by atoms with Crippen LogP contribution in [0.3, 0.4) is 0 Å². The molecular formula is C73H130O6. The first-order valence-corrected chi connectivity index (χ1v) is 34.4. The van der Waals surface area contributed by atoms with Gasteiger partial charge in [0.25, 0.3) is 0 Å². The molecule has 6 nitrogen and oxygen atoms in total. The second-order valence-electron chi connectivity index (χ2n) is 23.1. The number of ether oxygens (including phenoxy) is 3. The number of rotatable bonds is 63. The highest BCUT2D eigenvalue weighted by Gasteiger charge is 2.19. The van der Waals surface area contributed by atoms with Crippen LogP contribution < -0.4 is 0 Å². The van der Waals surface area contributed by atoms with Crippen molar-refractivity contribution in [2.45, 2.75) is 361 Å². The Labute approximate surface area is 491 Å². The lowest BCUT2D eigenvalue weighted by Gasteiger charge is -2.18. The van der Waals surface area contributed by atoms with E-state index in [1.54, 1.807) is 0 Å². The predicted molar refractivity (Wildman–Crippen MR) is 344 cm³/mol. The molecular weight excluding hydrogens is 973 g/mol. The van der Waals surface area contributed by atoms with Crippen LogP contribution in [0.25, 0.3) is 0 Å². The monoisotopic (exact) mass is 1100 g/mol. The zero-order chi connectivity index (χ0) is 57.1. The van der Waals surface area contributed by atoms with Crippen molar-refractivity contribution in [3.63, 3.8) is 0 Å². The Morgan fingerprint density at radius 3 is 0.772 bits per heavy atom. The summed E-state index contributed by atoms with van der Waals surface area (Å²) in [5, 5.41) is 0. The lowest BCUT2D eigenvalue weighted by atomic mass is 10.0. The van der Waals surface area contributed by atoms with Crippen molar-refractivity contribution in [1.82, 2.24) is 0 Å². The van der Waals surface area contributed by atoms with Gasteiger partial charge in [0.1, 0.15) is 13.2 Å². The van der Waals surface area contributed by atoms with Gasteiger partial charge in [0.15, 0.2) is 6.10 Å². The molecule has 0 saturated carbocycles. The van der Waals surface area contributed by atoms with Crippen LogP contribution >= 0.6 is 0 Å². The second-order valence-corrected chi connectivity index (χ2v) is 23.1. The minimum absolute atomic E-state index is 0.0788. The molecule has 0 radical (unpaired) electrons. The van der Waals surface area contributed by atoms with E-state index >= 15 is 0 Å². The molecule has 0 aliphatic heterocycles. The highest BCUT2D eigenvalue weighted by atomic mass is 16.6. The molecule has 0 N–H and O–H groups in total. The van der Waals surface area contributed by atoms with Crippen molar-refractivity contribution < 1.29 is 28.6 Å². The van der Waals surface area contributed by atoms with E-state index in [1.165, 1.54) is 205 Å². The number of carbonyl (C=O) groups excluding carboxylic acids is 3. The Bertz CT molecular complexity index is 1450. The van der Waals surface area contributed by atoms with Gasteiger partial charge in [0, 0.05) is 19.3 Å². The predicted octanol–water partition coefficient (Wildman–Crippen LogP) is 23.7. The maximum absolute atomic E-state index is 13.0. The number of esters is 3. The molecule has 0 aliphatic carbocycles. The summed E-state index contributed by atoms with van der Waals surface area (Å²) in [5.74, 6) is -0.882. The summed E-state index contributed by atoms with van der Waals surface area (Å²) in [6, 6.07) is 0. The third kappa shape index (κ3) is 65.5. The fourth-order valence-corrected chi connectivity index (χ4v) is 10.1. The minimum atomic E-state index is -0.785. The largest absolute Gasteiger partial charge is 0.462 e. The van der Waals surface area contributed by atoms with Crippen LogP contribution in [-0.4, -0.2) is 37.2 Å². The first-order chi connectivity index (χ1) is 39.0. The van der Waals surface area contributed by atoms with Crippen LogP contribution in [-0.2, 0) is 28.6 Å². The van der Waals surface area contributed by atoms with E-state index in [9.17, 15) is 14.4 Å². The quantitative estimate of drug-likeness (QED) is 0.0261. The molecule has 0 aromatic rings. The number of unbranched alkanes of at least 4 members (excludes halogenated alkanes) is 40. The minimum Gasteiger partial charge on any atom is -0.462 e. The Morgan fingerprint density at radius 2 is 0.494 bits per heavy atom. The first kappa shape index (κ1) is 75.8. The normalized spacial score (nSPS) is 12.5. The summed E-state index contributed by atoms with van der Waals surface area (Å²) in [7, 11) is 0. The van der Waals surface area contributed by atoms with Crippen LogP contribution in [0.15, 0.2) is 72.9 Å². The number of allylic oxidation sites excluding steroid dienone is 12. The Hall–Kier alpha value is -3.15. The van der Waals surface area contributed by atoms with Crippen molar-refractivity contribution in [2.24, 2.45) is 0 Å². The van der Waals surface area contributed by atoms with Gasteiger partial charge in [0.05, 0.1) is 0 Å². The second kappa shape index (κ2) is 67.4. The zero-order valence-electron chi connectivity index (χ0n) is 52.6. The van der Waals surface area contributed by atoms with Crippen molar-refractivity contribution in [1.29, 1.82) is 0 Å². The molecule has 0 aliphatic rings. The average Bonchev–Trinajstić information content (AvgIpc) is 3.45. The van der Waals surface area contributed by atoms with Crippen LogP contribution in [0.2, 0.25) is 0 Å². The van der Waals surface area contributed by atoms with Crippen LogP contribution in [0, 0.1) is 0 Å². The summed E-state index contributed by atoms with van der Waals surface area (Å²) in [4.78, 5) is 38.4. The lowest BCUT2D eigenvalue weighted by Crippen LogP contribution is -2.30. The van der Waals surface area contributed by atoms with Gasteiger partial charge in [-0.25, -0.2) is 0 Å². The molecule has 0 amide bonds. The molecule has 0 spiro atoms. The molecule has 1 atom stereocenters. The van der Waals surface area contributed by atoms with Crippen molar-refractivity contribution in [3.05, 3.63) is 72.9 Å². The smallest absolute Gasteiger partial charge is 0.306 e. The maximum Gasteiger partial charge on any atom is 0.306 e. The maximum atomic E-state index is 13.0. The molecule has 0 rings (SSSR count). The molecule has 0 aromatic carbocycles. The standard InChI is InChI=1S/C73H130O6/c1-4-7-10-13-16-19-22-25-28-30-32-34-36-38-40-42-45-48-51-54-57-60-63-66-72(75)78-69-70(68-77-71(74)65-62-59-56-53-50-47-44-27-24-21-18-15-12-9-6-3)79-73(76)67-64-61-58-55-52-49-46-43-41-39-37-35-33-31-29-26-23-20-17-14-11-8-5-2/h7,10,16,19,25,28,32,34,38,40,45,48,70H,4-6,8-9,11-15,17-18,20-24,26-27,29-31,33,35-37,39,41-44,46-47,49-69H2,1-3H3/b10-7-,19-16-,28-25-,34-32-,40-38-,48-45-. The summed E-state index contributed by atoms with van der Waals surface area (Å²) in [5.41, 5.74) is 0. The molecule has 0 aromatic heterocycles. The fourth-order valence-electron chi connectivity index (χ4n) is 10.1. The molecule has 79 heavy (non-hydrogen) atoms. The highest BCUT2D eigenvalue weighted by molar-refractivity contribution is 5.71. The van der Waals surface area contributed by atoms with Crippen LogP contribution in [0.1, 0.15) is 355 Å². The van der Waals surface area contributed by atoms with Gasteiger partial charge >= 0.3 is 17.9 Å². The zero-order valence-corrected chi connectivity index (χ0v) is 52.6. The van der Waals surface area contributed by atoms with Crippen molar-refractivity contribution >= 4 is 17.9 Å². The summed E-state index contributed by atoms with van der Waals surface area (Å²) < 4.78 is 17.0. The van der Waals surface area contributed by atoms with Gasteiger partial charge in [-0.3, -0.25) is 14.4 Å². The Morgan fingerprint density at radius 1 is 0.266 bits per heavy atom. The fraction of sp³-hybridized carbons (Fsp3) is 0.795. The van der Waals surface area contributed by atoms with E-state index in [0.29, 0.717) is 19.3 Å². The topological polar surface area (TPSA) is 78.9 Å². The third-order valence-electron chi connectivity index (χ3n) is 15.2. The SMILES string of the molecule is CC/C=C\C/C=C\C/C=C\C/C=C\C/C=C\C/C=C\CCCCCCC(=O)OCC(COC(=O)CCCCCCCCCCCCCCCCC)OC(=O)CCCCCCCCCCCCCCCCCCCCCCCCC. The Balaban J connectivity index is 4.36. The molecule has 0 fully saturated rings. The summed E-state index contributed by atoms with van der Waals surface area (Å²) in [6.45, 7) is 6.57. The van der Waals surface area contributed by atoms with Crippen LogP contribution in [0.4, 0.5) is 0 Å². The van der Waals surface area contributed by atoms with Gasteiger partial charge in [-0.15, -0.1) is 0 Å². The van der Waals surface area contributed by atoms with E-state index in [1.807, 2.05) is 0 Å². The van der Waals surface area contributed by atoms with Gasteiger partial charge in [-0.2, -0.15) is 0 Å². The molecule has 458 valence electrons. The molecule has 0 heterocycles. The molecule has 1 unspecified atom stereocenters. The van der Waals surface area contributed by atoms with E-state index in [0.717, 1.165) is 109 Å². The van der Waals surface area contributed by atoms with Crippen molar-refractivity contribution in [2.75, 3.05) is 13.2 Å².